The van der Waals surface area contributed by atoms with Gasteiger partial charge in [-0.05, 0) is 24.6 Å². The number of aromatic nitrogens is 2. The van der Waals surface area contributed by atoms with Crippen LogP contribution >= 0.6 is 11.6 Å². The van der Waals surface area contributed by atoms with Gasteiger partial charge >= 0.3 is 0 Å². The lowest BCUT2D eigenvalue weighted by atomic mass is 10.1. The summed E-state index contributed by atoms with van der Waals surface area (Å²) in [6, 6.07) is 6.13. The predicted molar refractivity (Wildman–Crippen MR) is 72.0 cm³/mol. The number of hydrogen-bond acceptors (Lipinski definition) is 2. The van der Waals surface area contributed by atoms with Crippen LogP contribution in [0.2, 0.25) is 5.02 Å². The minimum absolute atomic E-state index is 0.0613. The van der Waals surface area contributed by atoms with Crippen LogP contribution in [0.1, 0.15) is 28.7 Å². The van der Waals surface area contributed by atoms with Gasteiger partial charge in [-0.25, -0.2) is 4.39 Å². The monoisotopic (exact) mass is 280 g/mol. The molecule has 5 heteroatoms. The first-order chi connectivity index (χ1) is 9.02. The first-order valence-electron chi connectivity index (χ1n) is 6.02. The SMILES string of the molecule is CCc1cc(C(=O)Cc2c(F)cccc2Cl)n(C)n1. The van der Waals surface area contributed by atoms with Crippen LogP contribution in [0.5, 0.6) is 0 Å². The third-order valence-electron chi connectivity index (χ3n) is 2.98. The van der Waals surface area contributed by atoms with E-state index < -0.39 is 5.82 Å². The summed E-state index contributed by atoms with van der Waals surface area (Å²) in [6.45, 7) is 1.96. The number of hydrogen-bond donors (Lipinski definition) is 0. The zero-order valence-corrected chi connectivity index (χ0v) is 11.5. The van der Waals surface area contributed by atoms with Crippen molar-refractivity contribution in [1.29, 1.82) is 0 Å². The lowest BCUT2D eigenvalue weighted by Gasteiger charge is -2.05. The fraction of sp³-hybridized carbons (Fsp3) is 0.286. The summed E-state index contributed by atoms with van der Waals surface area (Å²) < 4.78 is 15.2. The van der Waals surface area contributed by atoms with E-state index in [4.69, 9.17) is 11.6 Å². The van der Waals surface area contributed by atoms with E-state index >= 15 is 0 Å². The number of rotatable bonds is 4. The van der Waals surface area contributed by atoms with E-state index in [9.17, 15) is 9.18 Å². The van der Waals surface area contributed by atoms with Crippen molar-refractivity contribution in [2.45, 2.75) is 19.8 Å². The van der Waals surface area contributed by atoms with Gasteiger partial charge in [0.2, 0.25) is 0 Å². The molecule has 3 nitrogen and oxygen atoms in total. The maximum atomic E-state index is 13.6. The fourth-order valence-corrected chi connectivity index (χ4v) is 2.14. The van der Waals surface area contributed by atoms with E-state index in [1.165, 1.54) is 16.8 Å². The number of carbonyl (C=O) groups excluding carboxylic acids is 1. The molecule has 0 aliphatic rings. The van der Waals surface area contributed by atoms with Crippen LogP contribution in [0, 0.1) is 5.82 Å². The van der Waals surface area contributed by atoms with Gasteiger partial charge in [0.25, 0.3) is 0 Å². The molecule has 19 heavy (non-hydrogen) atoms. The molecule has 0 unspecified atom stereocenters. The average Bonchev–Trinajstić information content (AvgIpc) is 2.75. The van der Waals surface area contributed by atoms with Crippen molar-refractivity contribution < 1.29 is 9.18 Å². The molecule has 0 saturated carbocycles. The van der Waals surface area contributed by atoms with Gasteiger partial charge in [-0.2, -0.15) is 5.10 Å². The van der Waals surface area contributed by atoms with Gasteiger partial charge in [-0.3, -0.25) is 9.48 Å². The maximum Gasteiger partial charge on any atom is 0.185 e. The van der Waals surface area contributed by atoms with Crippen molar-refractivity contribution in [2.24, 2.45) is 7.05 Å². The number of carbonyl (C=O) groups is 1. The van der Waals surface area contributed by atoms with Gasteiger partial charge < -0.3 is 0 Å². The average molecular weight is 281 g/mol. The Morgan fingerprint density at radius 2 is 2.21 bits per heavy atom. The highest BCUT2D eigenvalue weighted by Crippen LogP contribution is 2.21. The van der Waals surface area contributed by atoms with Gasteiger partial charge in [0, 0.05) is 24.1 Å². The van der Waals surface area contributed by atoms with Crippen LogP contribution in [-0.2, 0) is 19.9 Å². The summed E-state index contributed by atoms with van der Waals surface area (Å²) in [6.07, 6.45) is 0.690. The molecule has 0 aliphatic heterocycles. The molecule has 0 N–H and O–H groups in total. The zero-order valence-electron chi connectivity index (χ0n) is 10.8. The molecule has 1 heterocycles. The van der Waals surface area contributed by atoms with Gasteiger partial charge in [0.1, 0.15) is 11.5 Å². The quantitative estimate of drug-likeness (QED) is 0.806. The number of ketones is 1. The van der Waals surface area contributed by atoms with Gasteiger partial charge in [-0.15, -0.1) is 0 Å². The minimum atomic E-state index is -0.460. The van der Waals surface area contributed by atoms with E-state index in [-0.39, 0.29) is 22.8 Å². The zero-order chi connectivity index (χ0) is 14.0. The normalized spacial score (nSPS) is 10.7. The van der Waals surface area contributed by atoms with Crippen LogP contribution in [-0.4, -0.2) is 15.6 Å². The second kappa shape index (κ2) is 5.53. The molecular formula is C14H14ClFN2O. The highest BCUT2D eigenvalue weighted by atomic mass is 35.5. The molecule has 0 bridgehead atoms. The standard InChI is InChI=1S/C14H14ClFN2O/c1-3-9-7-13(18(2)17-9)14(19)8-10-11(15)5-4-6-12(10)16/h4-7H,3,8H2,1-2H3. The lowest BCUT2D eigenvalue weighted by molar-refractivity contribution is 0.0983. The van der Waals surface area contributed by atoms with Gasteiger partial charge in [0.05, 0.1) is 5.69 Å². The lowest BCUT2D eigenvalue weighted by Crippen LogP contribution is -2.11. The molecule has 0 spiro atoms. The molecule has 1 aromatic carbocycles. The van der Waals surface area contributed by atoms with E-state index in [0.717, 1.165) is 12.1 Å². The van der Waals surface area contributed by atoms with Crippen LogP contribution < -0.4 is 0 Å². The van der Waals surface area contributed by atoms with E-state index in [1.54, 1.807) is 19.2 Å². The minimum Gasteiger partial charge on any atom is -0.292 e. The Bertz CT molecular complexity index is 602. The van der Waals surface area contributed by atoms with Gasteiger partial charge in [0.15, 0.2) is 5.78 Å². The van der Waals surface area contributed by atoms with E-state index in [0.29, 0.717) is 5.69 Å². The Kier molecular flexibility index (Phi) is 4.00. The summed E-state index contributed by atoms with van der Waals surface area (Å²) >= 11 is 5.92. The second-order valence-corrected chi connectivity index (χ2v) is 4.71. The number of Topliss-reactive ketones (excluding diaryl/α,β-unsaturated/α-hetero) is 1. The van der Waals surface area contributed by atoms with Crippen molar-refractivity contribution in [3.05, 3.63) is 52.1 Å². The Morgan fingerprint density at radius 3 is 2.79 bits per heavy atom. The van der Waals surface area contributed by atoms with Gasteiger partial charge in [-0.1, -0.05) is 24.6 Å². The highest BCUT2D eigenvalue weighted by Gasteiger charge is 2.17. The van der Waals surface area contributed by atoms with Crippen LogP contribution in [0.3, 0.4) is 0 Å². The number of halogens is 2. The first-order valence-corrected chi connectivity index (χ1v) is 6.39. The third-order valence-corrected chi connectivity index (χ3v) is 3.33. The molecule has 2 aromatic rings. The van der Waals surface area contributed by atoms with Crippen LogP contribution in [0.25, 0.3) is 0 Å². The Hall–Kier alpha value is -1.68. The summed E-state index contributed by atoms with van der Waals surface area (Å²) in [5, 5.41) is 4.48. The summed E-state index contributed by atoms with van der Waals surface area (Å²) in [4.78, 5) is 12.2. The molecule has 0 radical (unpaired) electrons. The second-order valence-electron chi connectivity index (χ2n) is 4.30. The molecule has 0 fully saturated rings. The molecule has 0 saturated heterocycles. The van der Waals surface area contributed by atoms with Crippen molar-refractivity contribution in [3.8, 4) is 0 Å². The topological polar surface area (TPSA) is 34.9 Å². The predicted octanol–water partition coefficient (Wildman–Crippen LogP) is 3.20. The number of aryl methyl sites for hydroxylation is 2. The molecule has 0 aliphatic carbocycles. The van der Waals surface area contributed by atoms with Crippen molar-refractivity contribution in [2.75, 3.05) is 0 Å². The smallest absolute Gasteiger partial charge is 0.185 e. The molecule has 100 valence electrons. The largest absolute Gasteiger partial charge is 0.292 e. The Balaban J connectivity index is 2.28. The molecule has 2 rings (SSSR count). The van der Waals surface area contributed by atoms with Crippen LogP contribution in [0.4, 0.5) is 4.39 Å². The first kappa shape index (κ1) is 13.7. The summed E-state index contributed by atoms with van der Waals surface area (Å²) in [5.74, 6) is -0.652. The number of nitrogens with zero attached hydrogens (tertiary/aromatic N) is 2. The third kappa shape index (κ3) is 2.84. The molecule has 0 amide bonds. The Labute approximate surface area is 116 Å². The summed E-state index contributed by atoms with van der Waals surface area (Å²) in [7, 11) is 1.70. The van der Waals surface area contributed by atoms with Crippen molar-refractivity contribution in [1.82, 2.24) is 9.78 Å². The Morgan fingerprint density at radius 1 is 1.47 bits per heavy atom. The number of benzene rings is 1. The van der Waals surface area contributed by atoms with Crippen molar-refractivity contribution in [3.63, 3.8) is 0 Å². The highest BCUT2D eigenvalue weighted by molar-refractivity contribution is 6.31. The van der Waals surface area contributed by atoms with Crippen LogP contribution in [0.15, 0.2) is 24.3 Å². The molecular weight excluding hydrogens is 267 g/mol. The molecule has 1 aromatic heterocycles. The van der Waals surface area contributed by atoms with E-state index in [1.807, 2.05) is 6.92 Å². The van der Waals surface area contributed by atoms with E-state index in [2.05, 4.69) is 5.10 Å². The summed E-state index contributed by atoms with van der Waals surface area (Å²) in [5.41, 5.74) is 1.54. The van der Waals surface area contributed by atoms with Crippen molar-refractivity contribution >= 4 is 17.4 Å². The maximum absolute atomic E-state index is 13.6. The molecule has 0 atom stereocenters. The fourth-order valence-electron chi connectivity index (χ4n) is 1.91.